The molecule has 0 spiro atoms. The first kappa shape index (κ1) is 17.3. The van der Waals surface area contributed by atoms with Crippen molar-refractivity contribution in [1.82, 2.24) is 9.78 Å². The number of fused-ring (bicyclic) bond motifs is 1. The number of rotatable bonds is 4. The minimum Gasteiger partial charge on any atom is -0.508 e. The van der Waals surface area contributed by atoms with Crippen molar-refractivity contribution in [2.75, 3.05) is 7.11 Å². The van der Waals surface area contributed by atoms with E-state index in [1.807, 2.05) is 54.1 Å². The lowest BCUT2D eigenvalue weighted by molar-refractivity contribution is 0.415. The summed E-state index contributed by atoms with van der Waals surface area (Å²) in [5.41, 5.74) is 5.05. The van der Waals surface area contributed by atoms with Crippen LogP contribution in [0.1, 0.15) is 37.6 Å². The second kappa shape index (κ2) is 6.91. The SMILES string of the molecule is CCc1nn2c(c1-c1ccc(OC)cc1)N=C(C)CC2c1ccccc1O. The number of nitrogens with zero attached hydrogens (tertiary/aromatic N) is 3. The highest BCUT2D eigenvalue weighted by atomic mass is 16.5. The van der Waals surface area contributed by atoms with Crippen LogP contribution in [0.3, 0.4) is 0 Å². The number of methoxy groups -OCH3 is 1. The largest absolute Gasteiger partial charge is 0.508 e. The van der Waals surface area contributed by atoms with Crippen LogP contribution in [0.4, 0.5) is 5.82 Å². The molecule has 0 bridgehead atoms. The van der Waals surface area contributed by atoms with E-state index in [2.05, 4.69) is 6.92 Å². The lowest BCUT2D eigenvalue weighted by Gasteiger charge is -2.24. The van der Waals surface area contributed by atoms with Crippen molar-refractivity contribution in [1.29, 1.82) is 0 Å². The molecule has 1 unspecified atom stereocenters. The van der Waals surface area contributed by atoms with E-state index in [0.717, 1.165) is 52.5 Å². The fourth-order valence-corrected chi connectivity index (χ4v) is 3.70. The standard InChI is InChI=1S/C22H23N3O2/c1-4-18-21(15-9-11-16(27-3)12-10-15)22-23-14(2)13-19(25(22)24-18)17-7-5-6-8-20(17)26/h5-12,19,26H,4,13H2,1-3H3. The number of para-hydroxylation sites is 1. The lowest BCUT2D eigenvalue weighted by atomic mass is 9.98. The Balaban J connectivity index is 1.90. The molecular weight excluding hydrogens is 338 g/mol. The van der Waals surface area contributed by atoms with Gasteiger partial charge < -0.3 is 9.84 Å². The van der Waals surface area contributed by atoms with E-state index in [-0.39, 0.29) is 6.04 Å². The monoisotopic (exact) mass is 361 g/mol. The first-order chi connectivity index (χ1) is 13.1. The Morgan fingerprint density at radius 1 is 1.15 bits per heavy atom. The van der Waals surface area contributed by atoms with Crippen LogP contribution in [-0.2, 0) is 6.42 Å². The van der Waals surface area contributed by atoms with E-state index < -0.39 is 0 Å². The Morgan fingerprint density at radius 2 is 1.89 bits per heavy atom. The van der Waals surface area contributed by atoms with Crippen molar-refractivity contribution in [3.05, 3.63) is 59.8 Å². The first-order valence-corrected chi connectivity index (χ1v) is 9.20. The molecule has 0 fully saturated rings. The van der Waals surface area contributed by atoms with Gasteiger partial charge in [0.1, 0.15) is 11.5 Å². The third-order valence-electron chi connectivity index (χ3n) is 5.05. The van der Waals surface area contributed by atoms with Gasteiger partial charge in [0.05, 0.1) is 18.8 Å². The van der Waals surface area contributed by atoms with Gasteiger partial charge in [0.25, 0.3) is 0 Å². The predicted molar refractivity (Wildman–Crippen MR) is 107 cm³/mol. The summed E-state index contributed by atoms with van der Waals surface area (Å²) in [5.74, 6) is 1.97. The topological polar surface area (TPSA) is 59.6 Å². The quantitative estimate of drug-likeness (QED) is 0.718. The number of benzene rings is 2. The summed E-state index contributed by atoms with van der Waals surface area (Å²) in [4.78, 5) is 4.84. The zero-order valence-corrected chi connectivity index (χ0v) is 15.8. The number of hydrogen-bond donors (Lipinski definition) is 1. The van der Waals surface area contributed by atoms with Gasteiger partial charge in [-0.15, -0.1) is 0 Å². The molecule has 1 aromatic heterocycles. The molecule has 0 amide bonds. The molecule has 3 aromatic rings. The van der Waals surface area contributed by atoms with Gasteiger partial charge >= 0.3 is 0 Å². The number of aromatic nitrogens is 2. The van der Waals surface area contributed by atoms with E-state index in [9.17, 15) is 5.11 Å². The van der Waals surface area contributed by atoms with Crippen molar-refractivity contribution in [3.63, 3.8) is 0 Å². The number of phenols is 1. The van der Waals surface area contributed by atoms with Gasteiger partial charge in [0.2, 0.25) is 0 Å². The maximum Gasteiger partial charge on any atom is 0.159 e. The van der Waals surface area contributed by atoms with Crippen LogP contribution in [0.5, 0.6) is 11.5 Å². The summed E-state index contributed by atoms with van der Waals surface area (Å²) in [6.07, 6.45) is 1.54. The van der Waals surface area contributed by atoms with E-state index >= 15 is 0 Å². The van der Waals surface area contributed by atoms with Crippen molar-refractivity contribution in [2.24, 2.45) is 4.99 Å². The van der Waals surface area contributed by atoms with E-state index in [1.165, 1.54) is 0 Å². The zero-order chi connectivity index (χ0) is 19.0. The number of phenolic OH excluding ortho intramolecular Hbond substituents is 1. The fraction of sp³-hybridized carbons (Fsp3) is 0.273. The van der Waals surface area contributed by atoms with E-state index in [1.54, 1.807) is 13.2 Å². The van der Waals surface area contributed by atoms with Crippen LogP contribution in [0, 0.1) is 0 Å². The Kier molecular flexibility index (Phi) is 4.44. The van der Waals surface area contributed by atoms with Crippen LogP contribution < -0.4 is 4.74 Å². The number of aromatic hydroxyl groups is 1. The molecule has 138 valence electrons. The molecule has 1 N–H and O–H groups in total. The Bertz CT molecular complexity index is 1000. The molecule has 1 aliphatic heterocycles. The highest BCUT2D eigenvalue weighted by molar-refractivity contribution is 5.90. The minimum atomic E-state index is -0.0593. The molecule has 0 radical (unpaired) electrons. The fourth-order valence-electron chi connectivity index (χ4n) is 3.70. The van der Waals surface area contributed by atoms with Crippen molar-refractivity contribution in [2.45, 2.75) is 32.7 Å². The normalized spacial score (nSPS) is 16.0. The first-order valence-electron chi connectivity index (χ1n) is 9.20. The van der Waals surface area contributed by atoms with E-state index in [0.29, 0.717) is 5.75 Å². The third-order valence-corrected chi connectivity index (χ3v) is 5.05. The molecule has 4 rings (SSSR count). The summed E-state index contributed by atoms with van der Waals surface area (Å²) in [6.45, 7) is 4.14. The molecule has 2 heterocycles. The smallest absolute Gasteiger partial charge is 0.159 e. The van der Waals surface area contributed by atoms with Crippen LogP contribution in [0.2, 0.25) is 0 Å². The number of aryl methyl sites for hydroxylation is 1. The van der Waals surface area contributed by atoms with E-state index in [4.69, 9.17) is 14.8 Å². The summed E-state index contributed by atoms with van der Waals surface area (Å²) in [6, 6.07) is 15.4. The van der Waals surface area contributed by atoms with Crippen LogP contribution >= 0.6 is 0 Å². The molecule has 1 atom stereocenters. The summed E-state index contributed by atoms with van der Waals surface area (Å²) in [7, 11) is 1.67. The molecule has 0 saturated carbocycles. The van der Waals surface area contributed by atoms with Gasteiger partial charge in [-0.25, -0.2) is 9.67 Å². The van der Waals surface area contributed by atoms with Gasteiger partial charge in [-0.1, -0.05) is 37.3 Å². The summed E-state index contributed by atoms with van der Waals surface area (Å²) >= 11 is 0. The second-order valence-corrected chi connectivity index (χ2v) is 6.80. The molecule has 0 saturated heterocycles. The molecule has 5 nitrogen and oxygen atoms in total. The average molecular weight is 361 g/mol. The number of hydrogen-bond acceptors (Lipinski definition) is 4. The third kappa shape index (κ3) is 2.99. The molecule has 2 aromatic carbocycles. The van der Waals surface area contributed by atoms with Gasteiger partial charge in [-0.3, -0.25) is 0 Å². The molecule has 5 heteroatoms. The highest BCUT2D eigenvalue weighted by Crippen LogP contribution is 2.42. The maximum absolute atomic E-state index is 10.4. The number of aliphatic imine (C=N–C) groups is 1. The predicted octanol–water partition coefficient (Wildman–Crippen LogP) is 4.91. The summed E-state index contributed by atoms with van der Waals surface area (Å²) < 4.78 is 7.26. The van der Waals surface area contributed by atoms with Crippen molar-refractivity contribution in [3.8, 4) is 22.6 Å². The van der Waals surface area contributed by atoms with Gasteiger partial charge in [0.15, 0.2) is 5.82 Å². The summed E-state index contributed by atoms with van der Waals surface area (Å²) in [5, 5.41) is 15.3. The van der Waals surface area contributed by atoms with Gasteiger partial charge in [0, 0.05) is 23.3 Å². The minimum absolute atomic E-state index is 0.0593. The van der Waals surface area contributed by atoms with Gasteiger partial charge in [-0.05, 0) is 37.1 Å². The second-order valence-electron chi connectivity index (χ2n) is 6.80. The number of ether oxygens (including phenoxy) is 1. The van der Waals surface area contributed by atoms with Crippen molar-refractivity contribution >= 4 is 11.5 Å². The molecular formula is C22H23N3O2. The Labute approximate surface area is 159 Å². The molecule has 1 aliphatic rings. The average Bonchev–Trinajstić information content (AvgIpc) is 3.06. The van der Waals surface area contributed by atoms with Crippen molar-refractivity contribution < 1.29 is 9.84 Å². The maximum atomic E-state index is 10.4. The highest BCUT2D eigenvalue weighted by Gasteiger charge is 2.29. The Hall–Kier alpha value is -3.08. The lowest BCUT2D eigenvalue weighted by Crippen LogP contribution is -2.19. The Morgan fingerprint density at radius 3 is 2.56 bits per heavy atom. The molecule has 27 heavy (non-hydrogen) atoms. The van der Waals surface area contributed by atoms with Crippen LogP contribution in [0.25, 0.3) is 11.1 Å². The van der Waals surface area contributed by atoms with Crippen LogP contribution in [-0.4, -0.2) is 27.7 Å². The zero-order valence-electron chi connectivity index (χ0n) is 15.8. The van der Waals surface area contributed by atoms with Gasteiger partial charge in [-0.2, -0.15) is 5.10 Å². The molecule has 0 aliphatic carbocycles. The van der Waals surface area contributed by atoms with Crippen LogP contribution in [0.15, 0.2) is 53.5 Å².